The molecule has 7 atom stereocenters. The molecule has 0 radical (unpaired) electrons. The summed E-state index contributed by atoms with van der Waals surface area (Å²) in [6.45, 7) is 11.8. The lowest BCUT2D eigenvalue weighted by Crippen LogP contribution is -2.56. The fourth-order valence-corrected chi connectivity index (χ4v) is 8.49. The topological polar surface area (TPSA) is 37.3 Å². The Balaban J connectivity index is 1.54. The first-order valence-electron chi connectivity index (χ1n) is 12.6. The molecule has 1 N–H and O–H groups in total. The SMILES string of the molecule is CC(C)CCCC(C)C1(O)CCC2C3CCC4=CC(=O)CCC4(C)C3CCC21C. The van der Waals surface area contributed by atoms with E-state index in [0.29, 0.717) is 23.5 Å². The fraction of sp³-hybridized carbons (Fsp3) is 0.889. The Morgan fingerprint density at radius 1 is 1.00 bits per heavy atom. The van der Waals surface area contributed by atoms with Gasteiger partial charge >= 0.3 is 0 Å². The number of carbonyl (C=O) groups excluding carboxylic acids is 1. The van der Waals surface area contributed by atoms with Crippen molar-refractivity contribution in [2.75, 3.05) is 0 Å². The Labute approximate surface area is 178 Å². The molecule has 29 heavy (non-hydrogen) atoms. The Morgan fingerprint density at radius 2 is 1.72 bits per heavy atom. The summed E-state index contributed by atoms with van der Waals surface area (Å²) in [6.07, 6.45) is 14.4. The summed E-state index contributed by atoms with van der Waals surface area (Å²) in [5.74, 6) is 3.62. The third kappa shape index (κ3) is 3.27. The Bertz CT molecular complexity index is 678. The number of fused-ring (bicyclic) bond motifs is 5. The monoisotopic (exact) mass is 400 g/mol. The van der Waals surface area contributed by atoms with Crippen LogP contribution in [0.4, 0.5) is 0 Å². The van der Waals surface area contributed by atoms with Crippen LogP contribution in [0.5, 0.6) is 0 Å². The second kappa shape index (κ2) is 7.50. The van der Waals surface area contributed by atoms with Crippen molar-refractivity contribution < 1.29 is 9.90 Å². The standard InChI is InChI=1S/C27H44O2/c1-18(2)7-6-8-19(3)27(29)16-13-24-22-10-9-20-17-21(28)11-14-25(20,4)23(22)12-15-26(24,27)5/h17-19,22-24,29H,6-16H2,1-5H3. The molecule has 0 heterocycles. The van der Waals surface area contributed by atoms with Crippen molar-refractivity contribution in [2.24, 2.45) is 40.4 Å². The lowest BCUT2D eigenvalue weighted by molar-refractivity contribution is -0.152. The first kappa shape index (κ1) is 21.6. The van der Waals surface area contributed by atoms with Gasteiger partial charge in [-0.3, -0.25) is 4.79 Å². The van der Waals surface area contributed by atoms with E-state index in [-0.39, 0.29) is 10.8 Å². The molecule has 0 bridgehead atoms. The predicted molar refractivity (Wildman–Crippen MR) is 120 cm³/mol. The zero-order valence-electron chi connectivity index (χ0n) is 19.6. The predicted octanol–water partition coefficient (Wildman–Crippen LogP) is 6.71. The van der Waals surface area contributed by atoms with Gasteiger partial charge in [-0.1, -0.05) is 53.0 Å². The number of rotatable bonds is 5. The van der Waals surface area contributed by atoms with Gasteiger partial charge in [-0.2, -0.15) is 0 Å². The highest BCUT2D eigenvalue weighted by atomic mass is 16.3. The van der Waals surface area contributed by atoms with E-state index < -0.39 is 5.60 Å². The van der Waals surface area contributed by atoms with Crippen molar-refractivity contribution in [1.82, 2.24) is 0 Å². The normalized spacial score (nSPS) is 45.4. The number of allylic oxidation sites excluding steroid dienone is 1. The van der Waals surface area contributed by atoms with Crippen molar-refractivity contribution >= 4 is 5.78 Å². The molecule has 0 spiro atoms. The average Bonchev–Trinajstić information content (AvgIpc) is 2.94. The molecule has 0 aromatic heterocycles. The second-order valence-corrected chi connectivity index (χ2v) is 12.1. The molecule has 0 saturated heterocycles. The second-order valence-electron chi connectivity index (χ2n) is 12.1. The van der Waals surface area contributed by atoms with Crippen LogP contribution in [0.3, 0.4) is 0 Å². The van der Waals surface area contributed by atoms with E-state index in [4.69, 9.17) is 0 Å². The van der Waals surface area contributed by atoms with Crippen LogP contribution in [0, 0.1) is 40.4 Å². The minimum atomic E-state index is -0.487. The summed E-state index contributed by atoms with van der Waals surface area (Å²) < 4.78 is 0. The third-order valence-corrected chi connectivity index (χ3v) is 10.4. The smallest absolute Gasteiger partial charge is 0.155 e. The van der Waals surface area contributed by atoms with Crippen LogP contribution in [0.1, 0.15) is 105 Å². The van der Waals surface area contributed by atoms with E-state index in [9.17, 15) is 9.90 Å². The summed E-state index contributed by atoms with van der Waals surface area (Å²) in [5, 5.41) is 12.0. The van der Waals surface area contributed by atoms with Crippen LogP contribution < -0.4 is 0 Å². The number of aliphatic hydroxyl groups is 1. The van der Waals surface area contributed by atoms with Crippen molar-refractivity contribution in [3.63, 3.8) is 0 Å². The number of ketones is 1. The van der Waals surface area contributed by atoms with Gasteiger partial charge in [0.25, 0.3) is 0 Å². The van der Waals surface area contributed by atoms with E-state index in [1.54, 1.807) is 0 Å². The van der Waals surface area contributed by atoms with E-state index in [0.717, 1.165) is 43.9 Å². The molecular weight excluding hydrogens is 356 g/mol. The maximum atomic E-state index is 12.0. The summed E-state index contributed by atoms with van der Waals surface area (Å²) in [4.78, 5) is 12.0. The molecule has 4 rings (SSSR count). The first-order valence-corrected chi connectivity index (χ1v) is 12.6. The van der Waals surface area contributed by atoms with Crippen molar-refractivity contribution in [1.29, 1.82) is 0 Å². The van der Waals surface area contributed by atoms with Crippen molar-refractivity contribution in [2.45, 2.75) is 111 Å². The van der Waals surface area contributed by atoms with E-state index in [2.05, 4.69) is 34.6 Å². The number of carbonyl (C=O) groups is 1. The van der Waals surface area contributed by atoms with Crippen LogP contribution in [-0.2, 0) is 4.79 Å². The number of hydrogen-bond donors (Lipinski definition) is 1. The van der Waals surface area contributed by atoms with Gasteiger partial charge in [0.05, 0.1) is 5.60 Å². The maximum absolute atomic E-state index is 12.0. The Kier molecular flexibility index (Phi) is 5.59. The van der Waals surface area contributed by atoms with E-state index in [1.165, 1.54) is 44.1 Å². The maximum Gasteiger partial charge on any atom is 0.155 e. The average molecular weight is 401 g/mol. The van der Waals surface area contributed by atoms with Gasteiger partial charge in [-0.15, -0.1) is 0 Å². The zero-order chi connectivity index (χ0) is 21.0. The minimum Gasteiger partial charge on any atom is -0.389 e. The molecule has 4 aliphatic carbocycles. The van der Waals surface area contributed by atoms with Gasteiger partial charge in [0, 0.05) is 6.42 Å². The molecule has 2 heteroatoms. The van der Waals surface area contributed by atoms with Gasteiger partial charge in [0.2, 0.25) is 0 Å². The van der Waals surface area contributed by atoms with Gasteiger partial charge in [-0.05, 0) is 97.9 Å². The third-order valence-electron chi connectivity index (χ3n) is 10.4. The van der Waals surface area contributed by atoms with Crippen LogP contribution in [-0.4, -0.2) is 16.5 Å². The van der Waals surface area contributed by atoms with Crippen LogP contribution in [0.25, 0.3) is 0 Å². The molecule has 4 aliphatic rings. The van der Waals surface area contributed by atoms with E-state index >= 15 is 0 Å². The summed E-state index contributed by atoms with van der Waals surface area (Å²) in [7, 11) is 0. The van der Waals surface area contributed by atoms with Crippen molar-refractivity contribution in [3.05, 3.63) is 11.6 Å². The summed E-state index contributed by atoms with van der Waals surface area (Å²) in [5.41, 5.74) is 1.28. The molecule has 2 nitrogen and oxygen atoms in total. The summed E-state index contributed by atoms with van der Waals surface area (Å²) in [6, 6.07) is 0. The molecule has 3 fully saturated rings. The van der Waals surface area contributed by atoms with Gasteiger partial charge < -0.3 is 5.11 Å². The van der Waals surface area contributed by atoms with Crippen LogP contribution in [0.15, 0.2) is 11.6 Å². The van der Waals surface area contributed by atoms with Crippen LogP contribution in [0.2, 0.25) is 0 Å². The van der Waals surface area contributed by atoms with Gasteiger partial charge in [0.15, 0.2) is 5.78 Å². The first-order chi connectivity index (χ1) is 13.6. The Morgan fingerprint density at radius 3 is 2.45 bits per heavy atom. The number of hydrogen-bond acceptors (Lipinski definition) is 2. The van der Waals surface area contributed by atoms with Crippen LogP contribution >= 0.6 is 0 Å². The highest BCUT2D eigenvalue weighted by Gasteiger charge is 2.64. The molecule has 3 saturated carbocycles. The lowest BCUT2D eigenvalue weighted by atomic mass is 9.46. The summed E-state index contributed by atoms with van der Waals surface area (Å²) >= 11 is 0. The highest BCUT2D eigenvalue weighted by molar-refractivity contribution is 5.91. The molecular formula is C27H44O2. The van der Waals surface area contributed by atoms with E-state index in [1.807, 2.05) is 6.08 Å². The van der Waals surface area contributed by atoms with Gasteiger partial charge in [-0.25, -0.2) is 0 Å². The molecule has 0 aromatic rings. The fourth-order valence-electron chi connectivity index (χ4n) is 8.49. The molecule has 0 amide bonds. The largest absolute Gasteiger partial charge is 0.389 e. The molecule has 0 aliphatic heterocycles. The van der Waals surface area contributed by atoms with Crippen molar-refractivity contribution in [3.8, 4) is 0 Å². The molecule has 0 aromatic carbocycles. The highest BCUT2D eigenvalue weighted by Crippen LogP contribution is 2.68. The Hall–Kier alpha value is -0.630. The lowest BCUT2D eigenvalue weighted by Gasteiger charge is -2.60. The van der Waals surface area contributed by atoms with Gasteiger partial charge in [0.1, 0.15) is 0 Å². The molecule has 164 valence electrons. The minimum absolute atomic E-state index is 0.0769. The quantitative estimate of drug-likeness (QED) is 0.556. The molecule has 7 unspecified atom stereocenters. The zero-order valence-corrected chi connectivity index (χ0v) is 19.6.